The Morgan fingerprint density at radius 1 is 0.882 bits per heavy atom. The summed E-state index contributed by atoms with van der Waals surface area (Å²) in [5.74, 6) is 0. The van der Waals surface area contributed by atoms with Gasteiger partial charge in [-0.05, 0) is 26.0 Å². The molecule has 108 valence electrons. The molecule has 0 amide bonds. The van der Waals surface area contributed by atoms with E-state index in [0.717, 1.165) is 6.42 Å². The highest BCUT2D eigenvalue weighted by molar-refractivity contribution is 5.15. The van der Waals surface area contributed by atoms with Crippen molar-refractivity contribution in [1.29, 1.82) is 0 Å². The smallest absolute Gasteiger partial charge is 0.00761 e. The van der Waals surface area contributed by atoms with Crippen LogP contribution in [0.1, 0.15) is 12.5 Å². The molecule has 0 aliphatic carbocycles. The summed E-state index contributed by atoms with van der Waals surface area (Å²) in [6.07, 6.45) is 1.11. The van der Waals surface area contributed by atoms with Crippen molar-refractivity contribution in [2.24, 2.45) is 0 Å². The Balaban J connectivity index is -0.0000000504. The van der Waals surface area contributed by atoms with Gasteiger partial charge in [-0.1, -0.05) is 30.3 Å². The quantitative estimate of drug-likeness (QED) is 0.586. The molecule has 0 unspecified atom stereocenters. The third kappa shape index (κ3) is 14.9. The number of nitrogens with one attached hydrogen (secondary N) is 1. The number of rotatable bonds is 3. The van der Waals surface area contributed by atoms with Crippen molar-refractivity contribution in [3.63, 3.8) is 0 Å². The average Bonchev–Trinajstić information content (AvgIpc) is 2.06. The standard InChI is InChI=1S/C10H15N.6H2O/c1-9(11-2)8-10-6-4-3-5-7-10;;;;;;/h3-7,9,11H,8H2,1-2H3;6*1H2/t9-;;;;;;/m0....../s1. The van der Waals surface area contributed by atoms with Crippen molar-refractivity contribution in [1.82, 2.24) is 5.32 Å². The van der Waals surface area contributed by atoms with Crippen molar-refractivity contribution in [2.75, 3.05) is 7.05 Å². The fraction of sp³-hybridized carbons (Fsp3) is 0.400. The second-order valence-corrected chi connectivity index (χ2v) is 2.88. The predicted molar refractivity (Wildman–Crippen MR) is 70.4 cm³/mol. The maximum absolute atomic E-state index is 3.21. The van der Waals surface area contributed by atoms with Gasteiger partial charge in [-0.15, -0.1) is 0 Å². The van der Waals surface area contributed by atoms with Crippen LogP contribution < -0.4 is 5.32 Å². The molecule has 7 heteroatoms. The Hall–Kier alpha value is -1.06. The monoisotopic (exact) mass is 257 g/mol. The van der Waals surface area contributed by atoms with Crippen LogP contribution in [0.5, 0.6) is 0 Å². The molecule has 0 radical (unpaired) electrons. The van der Waals surface area contributed by atoms with E-state index >= 15 is 0 Å². The van der Waals surface area contributed by atoms with E-state index < -0.39 is 0 Å². The van der Waals surface area contributed by atoms with Crippen LogP contribution in [0, 0.1) is 0 Å². The molecule has 0 heterocycles. The van der Waals surface area contributed by atoms with Gasteiger partial charge in [0.2, 0.25) is 0 Å². The lowest BCUT2D eigenvalue weighted by Gasteiger charge is -2.08. The third-order valence-electron chi connectivity index (χ3n) is 1.88. The molecule has 7 nitrogen and oxygen atoms in total. The molecule has 13 N–H and O–H groups in total. The van der Waals surface area contributed by atoms with Crippen LogP contribution in [0.2, 0.25) is 0 Å². The molecule has 1 aromatic carbocycles. The highest BCUT2D eigenvalue weighted by atomic mass is 16.0. The molecule has 0 aliphatic rings. The molecule has 1 rings (SSSR count). The van der Waals surface area contributed by atoms with Crippen molar-refractivity contribution in [3.8, 4) is 0 Å². The van der Waals surface area contributed by atoms with Crippen LogP contribution in [0.4, 0.5) is 0 Å². The van der Waals surface area contributed by atoms with Crippen LogP contribution in [0.25, 0.3) is 0 Å². The largest absolute Gasteiger partial charge is 0.412 e. The molecule has 0 saturated heterocycles. The first-order valence-corrected chi connectivity index (χ1v) is 4.04. The van der Waals surface area contributed by atoms with Crippen LogP contribution in [-0.2, 0) is 6.42 Å². The zero-order valence-corrected chi connectivity index (χ0v) is 10.2. The molecule has 0 aromatic heterocycles. The Bertz CT molecular complexity index is 209. The van der Waals surface area contributed by atoms with E-state index in [1.54, 1.807) is 0 Å². The first-order valence-electron chi connectivity index (χ1n) is 4.04. The lowest BCUT2D eigenvalue weighted by molar-refractivity contribution is 0.608. The molecule has 0 spiro atoms. The van der Waals surface area contributed by atoms with Gasteiger partial charge >= 0.3 is 0 Å². The lowest BCUT2D eigenvalue weighted by Crippen LogP contribution is -2.23. The number of likely N-dealkylation sites (N-methyl/N-ethyl adjacent to an activating group) is 1. The third-order valence-corrected chi connectivity index (χ3v) is 1.88. The summed E-state index contributed by atoms with van der Waals surface area (Å²) in [7, 11) is 1.99. The van der Waals surface area contributed by atoms with Crippen LogP contribution >= 0.6 is 0 Å². The van der Waals surface area contributed by atoms with Crippen molar-refractivity contribution < 1.29 is 32.9 Å². The molecule has 0 saturated carbocycles. The van der Waals surface area contributed by atoms with Gasteiger partial charge in [0.15, 0.2) is 0 Å². The van der Waals surface area contributed by atoms with Crippen molar-refractivity contribution >= 4 is 0 Å². The van der Waals surface area contributed by atoms with E-state index in [1.807, 2.05) is 13.1 Å². The van der Waals surface area contributed by atoms with Gasteiger partial charge in [-0.3, -0.25) is 0 Å². The Labute approximate surface area is 101 Å². The fourth-order valence-corrected chi connectivity index (χ4v) is 1.07. The average molecular weight is 257 g/mol. The minimum atomic E-state index is 0. The Kier molecular flexibility index (Phi) is 43.1. The van der Waals surface area contributed by atoms with Crippen LogP contribution in [0.3, 0.4) is 0 Å². The van der Waals surface area contributed by atoms with Gasteiger partial charge in [0.25, 0.3) is 0 Å². The second-order valence-electron chi connectivity index (χ2n) is 2.88. The SMILES string of the molecule is CN[C@@H](C)Cc1ccccc1.O.O.O.O.O.O. The lowest BCUT2D eigenvalue weighted by atomic mass is 10.1. The molecular formula is C10H27NO6. The van der Waals surface area contributed by atoms with E-state index in [4.69, 9.17) is 0 Å². The predicted octanol–water partition coefficient (Wildman–Crippen LogP) is -3.11. The summed E-state index contributed by atoms with van der Waals surface area (Å²) in [6.45, 7) is 2.19. The summed E-state index contributed by atoms with van der Waals surface area (Å²) in [5, 5.41) is 3.21. The van der Waals surface area contributed by atoms with Crippen LogP contribution in [0.15, 0.2) is 30.3 Å². The zero-order valence-electron chi connectivity index (χ0n) is 10.2. The molecular weight excluding hydrogens is 230 g/mol. The number of benzene rings is 1. The van der Waals surface area contributed by atoms with Crippen molar-refractivity contribution in [2.45, 2.75) is 19.4 Å². The number of hydrogen-bond acceptors (Lipinski definition) is 1. The molecule has 17 heavy (non-hydrogen) atoms. The molecule has 0 fully saturated rings. The Morgan fingerprint density at radius 2 is 1.29 bits per heavy atom. The normalized spacial score (nSPS) is 8.35. The van der Waals surface area contributed by atoms with E-state index in [9.17, 15) is 0 Å². The zero-order chi connectivity index (χ0) is 8.10. The molecule has 0 aliphatic heterocycles. The Morgan fingerprint density at radius 3 is 1.65 bits per heavy atom. The molecule has 0 bridgehead atoms. The summed E-state index contributed by atoms with van der Waals surface area (Å²) in [5.41, 5.74) is 1.40. The number of hydrogen-bond donors (Lipinski definition) is 1. The van der Waals surface area contributed by atoms with Gasteiger partial charge in [0.1, 0.15) is 0 Å². The van der Waals surface area contributed by atoms with Crippen molar-refractivity contribution in [3.05, 3.63) is 35.9 Å². The first kappa shape index (κ1) is 36.0. The fourth-order valence-electron chi connectivity index (χ4n) is 1.07. The van der Waals surface area contributed by atoms with Crippen LogP contribution in [-0.4, -0.2) is 45.9 Å². The summed E-state index contributed by atoms with van der Waals surface area (Å²) < 4.78 is 0. The van der Waals surface area contributed by atoms with E-state index in [0.29, 0.717) is 6.04 Å². The van der Waals surface area contributed by atoms with Gasteiger partial charge in [0.05, 0.1) is 0 Å². The second kappa shape index (κ2) is 20.4. The molecule has 1 atom stereocenters. The van der Waals surface area contributed by atoms with E-state index in [2.05, 4.69) is 36.5 Å². The summed E-state index contributed by atoms with van der Waals surface area (Å²) >= 11 is 0. The maximum Gasteiger partial charge on any atom is 0.00761 e. The van der Waals surface area contributed by atoms with Gasteiger partial charge in [-0.2, -0.15) is 0 Å². The van der Waals surface area contributed by atoms with Gasteiger partial charge < -0.3 is 38.2 Å². The highest BCUT2D eigenvalue weighted by Gasteiger charge is 1.97. The maximum atomic E-state index is 3.21. The minimum absolute atomic E-state index is 0. The van der Waals surface area contributed by atoms with Gasteiger partial charge in [-0.25, -0.2) is 0 Å². The van der Waals surface area contributed by atoms with E-state index in [-0.39, 0.29) is 32.9 Å². The summed E-state index contributed by atoms with van der Waals surface area (Å²) in [6, 6.07) is 11.1. The minimum Gasteiger partial charge on any atom is -0.412 e. The summed E-state index contributed by atoms with van der Waals surface area (Å²) in [4.78, 5) is 0. The van der Waals surface area contributed by atoms with E-state index in [1.165, 1.54) is 5.56 Å². The topological polar surface area (TPSA) is 201 Å². The first-order chi connectivity index (χ1) is 5.33. The van der Waals surface area contributed by atoms with Gasteiger partial charge in [0, 0.05) is 6.04 Å². The highest BCUT2D eigenvalue weighted by Crippen LogP contribution is 2.01. The molecule has 1 aromatic rings.